The summed E-state index contributed by atoms with van der Waals surface area (Å²) in [5.41, 5.74) is 0.143. The van der Waals surface area contributed by atoms with Crippen LogP contribution >= 0.6 is 0 Å². The van der Waals surface area contributed by atoms with Gasteiger partial charge in [-0.2, -0.15) is 0 Å². The number of hydrogen-bond acceptors (Lipinski definition) is 2. The molecular formula is C16H31NO. The molecule has 2 rings (SSSR count). The van der Waals surface area contributed by atoms with E-state index in [4.69, 9.17) is 4.74 Å². The summed E-state index contributed by atoms with van der Waals surface area (Å²) in [5, 5.41) is 3.70. The minimum absolute atomic E-state index is 0.143. The van der Waals surface area contributed by atoms with Gasteiger partial charge in [0.25, 0.3) is 0 Å². The molecule has 2 nitrogen and oxygen atoms in total. The number of nitrogens with one attached hydrogen (secondary N) is 1. The Balaban J connectivity index is 1.87. The van der Waals surface area contributed by atoms with E-state index in [0.29, 0.717) is 6.10 Å². The van der Waals surface area contributed by atoms with E-state index >= 15 is 0 Å². The van der Waals surface area contributed by atoms with Crippen molar-refractivity contribution in [1.29, 1.82) is 0 Å². The predicted molar refractivity (Wildman–Crippen MR) is 76.8 cm³/mol. The maximum Gasteiger partial charge on any atom is 0.0810 e. The summed E-state index contributed by atoms with van der Waals surface area (Å²) < 4.78 is 6.48. The zero-order chi connectivity index (χ0) is 13.0. The van der Waals surface area contributed by atoms with Crippen LogP contribution in [0.1, 0.15) is 72.1 Å². The highest BCUT2D eigenvalue weighted by Gasteiger charge is 2.37. The average Bonchev–Trinajstić information content (AvgIpc) is 3.15. The van der Waals surface area contributed by atoms with Gasteiger partial charge in [0.2, 0.25) is 0 Å². The molecule has 0 aromatic heterocycles. The molecule has 0 aliphatic heterocycles. The molecule has 0 bridgehead atoms. The standard InChI is InChI=1S/C16H31NO/c1-4-5-14(3)18-16(12-17-15-6-7-15)10-8-13(2)9-11-16/h13-15,17H,4-12H2,1-3H3. The summed E-state index contributed by atoms with van der Waals surface area (Å²) in [6.45, 7) is 7.96. The quantitative estimate of drug-likeness (QED) is 0.743. The average molecular weight is 253 g/mol. The molecule has 0 radical (unpaired) electrons. The summed E-state index contributed by atoms with van der Waals surface area (Å²) in [4.78, 5) is 0. The third kappa shape index (κ3) is 4.24. The zero-order valence-corrected chi connectivity index (χ0v) is 12.5. The highest BCUT2D eigenvalue weighted by Crippen LogP contribution is 2.36. The van der Waals surface area contributed by atoms with E-state index in [1.807, 2.05) is 0 Å². The van der Waals surface area contributed by atoms with Gasteiger partial charge in [0.1, 0.15) is 0 Å². The first kappa shape index (κ1) is 14.3. The monoisotopic (exact) mass is 253 g/mol. The van der Waals surface area contributed by atoms with Gasteiger partial charge >= 0.3 is 0 Å². The van der Waals surface area contributed by atoms with Gasteiger partial charge in [-0.3, -0.25) is 0 Å². The smallest absolute Gasteiger partial charge is 0.0810 e. The molecule has 0 heterocycles. The molecule has 2 aliphatic rings. The molecule has 1 N–H and O–H groups in total. The molecule has 2 fully saturated rings. The molecule has 0 spiro atoms. The summed E-state index contributed by atoms with van der Waals surface area (Å²) in [7, 11) is 0. The van der Waals surface area contributed by atoms with Crippen molar-refractivity contribution in [3.05, 3.63) is 0 Å². The zero-order valence-electron chi connectivity index (χ0n) is 12.5. The van der Waals surface area contributed by atoms with Crippen LogP contribution < -0.4 is 5.32 Å². The topological polar surface area (TPSA) is 21.3 Å². The van der Waals surface area contributed by atoms with Crippen molar-refractivity contribution in [2.75, 3.05) is 6.54 Å². The first-order valence-corrected chi connectivity index (χ1v) is 8.05. The first-order chi connectivity index (χ1) is 8.63. The van der Waals surface area contributed by atoms with E-state index in [2.05, 4.69) is 26.1 Å². The Labute approximate surface area is 113 Å². The SMILES string of the molecule is CCCC(C)OC1(CNC2CC2)CCC(C)CC1. The molecule has 0 amide bonds. The summed E-state index contributed by atoms with van der Waals surface area (Å²) in [6, 6.07) is 0.798. The number of hydrogen-bond donors (Lipinski definition) is 1. The van der Waals surface area contributed by atoms with E-state index < -0.39 is 0 Å². The van der Waals surface area contributed by atoms with Crippen LogP contribution in [0.3, 0.4) is 0 Å². The van der Waals surface area contributed by atoms with E-state index in [1.54, 1.807) is 0 Å². The maximum absolute atomic E-state index is 6.48. The lowest BCUT2D eigenvalue weighted by Crippen LogP contribution is -2.48. The van der Waals surface area contributed by atoms with E-state index in [0.717, 1.165) is 18.5 Å². The van der Waals surface area contributed by atoms with Gasteiger partial charge in [-0.25, -0.2) is 0 Å². The van der Waals surface area contributed by atoms with E-state index in [-0.39, 0.29) is 5.60 Å². The molecule has 0 aromatic carbocycles. The van der Waals surface area contributed by atoms with Gasteiger partial charge in [-0.15, -0.1) is 0 Å². The van der Waals surface area contributed by atoms with Crippen molar-refractivity contribution < 1.29 is 4.74 Å². The predicted octanol–water partition coefficient (Wildman–Crippen LogP) is 3.89. The molecule has 1 unspecified atom stereocenters. The molecule has 0 aromatic rings. The van der Waals surface area contributed by atoms with Crippen molar-refractivity contribution in [2.24, 2.45) is 5.92 Å². The Morgan fingerprint density at radius 1 is 1.22 bits per heavy atom. The molecule has 1 atom stereocenters. The van der Waals surface area contributed by atoms with Gasteiger partial charge < -0.3 is 10.1 Å². The molecule has 2 heteroatoms. The van der Waals surface area contributed by atoms with Crippen LogP contribution in [0.5, 0.6) is 0 Å². The highest BCUT2D eigenvalue weighted by atomic mass is 16.5. The molecule has 2 aliphatic carbocycles. The Morgan fingerprint density at radius 3 is 2.44 bits per heavy atom. The van der Waals surface area contributed by atoms with Crippen molar-refractivity contribution in [2.45, 2.75) is 89.9 Å². The van der Waals surface area contributed by atoms with E-state index in [1.165, 1.54) is 51.4 Å². The second-order valence-corrected chi connectivity index (χ2v) is 6.74. The molecule has 2 saturated carbocycles. The third-order valence-corrected chi connectivity index (χ3v) is 4.62. The minimum Gasteiger partial charge on any atom is -0.371 e. The summed E-state index contributed by atoms with van der Waals surface area (Å²) in [5.74, 6) is 0.893. The maximum atomic E-state index is 6.48. The molecular weight excluding hydrogens is 222 g/mol. The van der Waals surface area contributed by atoms with Gasteiger partial charge in [0.05, 0.1) is 11.7 Å². The van der Waals surface area contributed by atoms with Gasteiger partial charge in [-0.05, 0) is 57.8 Å². The lowest BCUT2D eigenvalue weighted by Gasteiger charge is -2.41. The van der Waals surface area contributed by atoms with Crippen LogP contribution in [-0.2, 0) is 4.74 Å². The Hall–Kier alpha value is -0.0800. The van der Waals surface area contributed by atoms with Crippen LogP contribution in [0.25, 0.3) is 0 Å². The Bertz CT molecular complexity index is 241. The lowest BCUT2D eigenvalue weighted by molar-refractivity contribution is -0.113. The molecule has 0 saturated heterocycles. The van der Waals surface area contributed by atoms with Crippen LogP contribution in [0, 0.1) is 5.92 Å². The molecule has 18 heavy (non-hydrogen) atoms. The van der Waals surface area contributed by atoms with Crippen molar-refractivity contribution in [1.82, 2.24) is 5.32 Å². The summed E-state index contributed by atoms with van der Waals surface area (Å²) >= 11 is 0. The fourth-order valence-electron chi connectivity index (χ4n) is 3.13. The van der Waals surface area contributed by atoms with Crippen LogP contribution in [0.2, 0.25) is 0 Å². The Kier molecular flexibility index (Phi) is 5.08. The van der Waals surface area contributed by atoms with Gasteiger partial charge in [0.15, 0.2) is 0 Å². The van der Waals surface area contributed by atoms with Crippen LogP contribution in [0.4, 0.5) is 0 Å². The number of rotatable bonds is 7. The number of ether oxygens (including phenoxy) is 1. The van der Waals surface area contributed by atoms with Crippen LogP contribution in [0.15, 0.2) is 0 Å². The molecule has 106 valence electrons. The van der Waals surface area contributed by atoms with E-state index in [9.17, 15) is 0 Å². The normalized spacial score (nSPS) is 34.5. The lowest BCUT2D eigenvalue weighted by atomic mass is 9.79. The van der Waals surface area contributed by atoms with Crippen molar-refractivity contribution >= 4 is 0 Å². The van der Waals surface area contributed by atoms with Crippen molar-refractivity contribution in [3.8, 4) is 0 Å². The second-order valence-electron chi connectivity index (χ2n) is 6.74. The Morgan fingerprint density at radius 2 is 1.89 bits per heavy atom. The first-order valence-electron chi connectivity index (χ1n) is 8.05. The largest absolute Gasteiger partial charge is 0.371 e. The minimum atomic E-state index is 0.143. The summed E-state index contributed by atoms with van der Waals surface area (Å²) in [6.07, 6.45) is 10.8. The second kappa shape index (κ2) is 6.38. The van der Waals surface area contributed by atoms with Gasteiger partial charge in [0, 0.05) is 12.6 Å². The fourth-order valence-corrected chi connectivity index (χ4v) is 3.13. The fraction of sp³-hybridized carbons (Fsp3) is 1.00. The highest BCUT2D eigenvalue weighted by molar-refractivity contribution is 4.92. The van der Waals surface area contributed by atoms with Gasteiger partial charge in [-0.1, -0.05) is 20.3 Å². The third-order valence-electron chi connectivity index (χ3n) is 4.62. The van der Waals surface area contributed by atoms with Crippen molar-refractivity contribution in [3.63, 3.8) is 0 Å². The van der Waals surface area contributed by atoms with Crippen LogP contribution in [-0.4, -0.2) is 24.3 Å².